The van der Waals surface area contributed by atoms with Crippen LogP contribution in [0.15, 0.2) is 42.5 Å². The lowest BCUT2D eigenvalue weighted by Gasteiger charge is -2.36. The monoisotopic (exact) mass is 647 g/mol. The second-order valence-corrected chi connectivity index (χ2v) is 14.0. The van der Waals surface area contributed by atoms with Crippen molar-refractivity contribution in [2.24, 2.45) is 0 Å². The molecule has 2 aromatic rings. The van der Waals surface area contributed by atoms with Gasteiger partial charge in [-0.05, 0) is 76.3 Å². The van der Waals surface area contributed by atoms with E-state index in [0.717, 1.165) is 30.6 Å². The Morgan fingerprint density at radius 2 is 1.64 bits per heavy atom. The van der Waals surface area contributed by atoms with Crippen molar-refractivity contribution >= 4 is 21.7 Å². The van der Waals surface area contributed by atoms with Gasteiger partial charge < -0.3 is 40.7 Å². The molecule has 1 aliphatic rings. The summed E-state index contributed by atoms with van der Waals surface area (Å²) in [6.45, 7) is 3.89. The van der Waals surface area contributed by atoms with Gasteiger partial charge in [0.2, 0.25) is 5.91 Å². The van der Waals surface area contributed by atoms with Crippen LogP contribution in [0.1, 0.15) is 24.8 Å². The van der Waals surface area contributed by atoms with Crippen LogP contribution in [0.5, 0.6) is 11.5 Å². The number of piperidine rings is 1. The fraction of sp³-hybridized carbons (Fsp3) is 0.562. The third kappa shape index (κ3) is 9.88. The smallest absolute Gasteiger partial charge is 0.326 e. The minimum atomic E-state index is -3.93. The molecule has 1 fully saturated rings. The first-order chi connectivity index (χ1) is 21.5. The summed E-state index contributed by atoms with van der Waals surface area (Å²) in [6.07, 6.45) is 1.62. The number of aliphatic carboxylic acids is 1. The summed E-state index contributed by atoms with van der Waals surface area (Å²) in [5, 5.41) is 22.1. The topological polar surface area (TPSA) is 158 Å². The van der Waals surface area contributed by atoms with Gasteiger partial charge in [0, 0.05) is 32.6 Å². The third-order valence-electron chi connectivity index (χ3n) is 8.05. The van der Waals surface area contributed by atoms with Crippen LogP contribution in [0.2, 0.25) is 0 Å². The van der Waals surface area contributed by atoms with E-state index in [-0.39, 0.29) is 31.7 Å². The van der Waals surface area contributed by atoms with Gasteiger partial charge in [-0.1, -0.05) is 30.3 Å². The van der Waals surface area contributed by atoms with Gasteiger partial charge in [-0.15, -0.1) is 0 Å². The first-order valence-corrected chi connectivity index (χ1v) is 17.0. The number of carboxylic acid groups (broad SMARTS) is 1. The molecule has 0 radical (unpaired) electrons. The number of benzene rings is 2. The van der Waals surface area contributed by atoms with E-state index in [1.165, 1.54) is 0 Å². The first-order valence-electron chi connectivity index (χ1n) is 15.4. The molecule has 0 bridgehead atoms. The standard InChI is InChI=1S/C32H49N5O7S/c1-37(2)20-7-16-33-17-18-34-19-21-45(41,42)32(14-6-15-35-23-32)31(40)36-26(30(38)39)22-24-10-12-25(13-11-24)29-27(43-3)8-5-9-28(29)44-4/h5,8-13,26,33-35H,6-7,14-23H2,1-4H3,(H,36,40)(H,38,39)/t26-,32?/m0/s1. The maximum Gasteiger partial charge on any atom is 0.326 e. The van der Waals surface area contributed by atoms with Crippen LogP contribution in [-0.2, 0) is 25.8 Å². The number of carbonyl (C=O) groups excluding carboxylic acids is 1. The molecule has 5 N–H and O–H groups in total. The Hall–Kier alpha value is -3.23. The molecule has 1 heterocycles. The van der Waals surface area contributed by atoms with Crippen molar-refractivity contribution in [3.05, 3.63) is 48.0 Å². The Morgan fingerprint density at radius 3 is 2.20 bits per heavy atom. The lowest BCUT2D eigenvalue weighted by atomic mass is 9.96. The van der Waals surface area contributed by atoms with Crippen molar-refractivity contribution in [3.63, 3.8) is 0 Å². The van der Waals surface area contributed by atoms with Crippen LogP contribution in [0.3, 0.4) is 0 Å². The number of rotatable bonds is 19. The molecule has 12 nitrogen and oxygen atoms in total. The lowest BCUT2D eigenvalue weighted by molar-refractivity contribution is -0.142. The summed E-state index contributed by atoms with van der Waals surface area (Å²) in [5.41, 5.74) is 2.24. The quantitative estimate of drug-likeness (QED) is 0.139. The number of ether oxygens (including phenoxy) is 2. The van der Waals surface area contributed by atoms with Gasteiger partial charge in [0.15, 0.2) is 14.6 Å². The Kier molecular flexibility index (Phi) is 14.1. The van der Waals surface area contributed by atoms with Gasteiger partial charge in [-0.3, -0.25) is 4.79 Å². The molecule has 45 heavy (non-hydrogen) atoms. The Labute approximate surface area is 267 Å². The first kappa shape index (κ1) is 36.2. The largest absolute Gasteiger partial charge is 0.496 e. The van der Waals surface area contributed by atoms with Crippen molar-refractivity contribution < 1.29 is 32.6 Å². The van der Waals surface area contributed by atoms with Crippen LogP contribution >= 0.6 is 0 Å². The van der Waals surface area contributed by atoms with Crippen molar-refractivity contribution in [2.45, 2.75) is 36.5 Å². The van der Waals surface area contributed by atoms with E-state index in [1.54, 1.807) is 26.4 Å². The normalized spacial score (nSPS) is 17.5. The van der Waals surface area contributed by atoms with E-state index in [1.807, 2.05) is 44.4 Å². The molecule has 1 amide bonds. The van der Waals surface area contributed by atoms with E-state index in [9.17, 15) is 23.1 Å². The number of carboxylic acids is 1. The number of sulfone groups is 1. The molecule has 250 valence electrons. The summed E-state index contributed by atoms with van der Waals surface area (Å²) in [4.78, 5) is 28.1. The highest BCUT2D eigenvalue weighted by atomic mass is 32.2. The van der Waals surface area contributed by atoms with Crippen LogP contribution in [0.4, 0.5) is 0 Å². The Bertz CT molecular complexity index is 1320. The molecule has 0 saturated carbocycles. The van der Waals surface area contributed by atoms with Gasteiger partial charge in [-0.2, -0.15) is 0 Å². The third-order valence-corrected chi connectivity index (χ3v) is 10.5. The summed E-state index contributed by atoms with van der Waals surface area (Å²) < 4.78 is 36.5. The number of nitrogens with one attached hydrogen (secondary N) is 4. The number of carbonyl (C=O) groups is 2. The van der Waals surface area contributed by atoms with E-state index in [4.69, 9.17) is 9.47 Å². The average molecular weight is 648 g/mol. The molecule has 1 saturated heterocycles. The van der Waals surface area contributed by atoms with Gasteiger partial charge in [0.05, 0.1) is 25.5 Å². The highest BCUT2D eigenvalue weighted by molar-refractivity contribution is 7.93. The van der Waals surface area contributed by atoms with E-state index >= 15 is 0 Å². The second-order valence-electron chi connectivity index (χ2n) is 11.6. The number of hydrogen-bond donors (Lipinski definition) is 5. The van der Waals surface area contributed by atoms with E-state index in [0.29, 0.717) is 43.1 Å². The minimum Gasteiger partial charge on any atom is -0.496 e. The Balaban J connectivity index is 1.65. The maximum absolute atomic E-state index is 13.7. The molecule has 2 aromatic carbocycles. The fourth-order valence-corrected chi connectivity index (χ4v) is 7.42. The predicted molar refractivity (Wildman–Crippen MR) is 176 cm³/mol. The maximum atomic E-state index is 13.7. The van der Waals surface area contributed by atoms with Gasteiger partial charge in [0.1, 0.15) is 17.5 Å². The van der Waals surface area contributed by atoms with E-state index in [2.05, 4.69) is 26.2 Å². The molecular formula is C32H49N5O7S. The fourth-order valence-electron chi connectivity index (χ4n) is 5.50. The molecular weight excluding hydrogens is 598 g/mol. The van der Waals surface area contributed by atoms with Crippen molar-refractivity contribution in [1.29, 1.82) is 0 Å². The molecule has 0 aromatic heterocycles. The minimum absolute atomic E-state index is 0.0168. The molecule has 3 rings (SSSR count). The number of hydrogen-bond acceptors (Lipinski definition) is 10. The zero-order valence-corrected chi connectivity index (χ0v) is 27.7. The molecule has 0 spiro atoms. The van der Waals surface area contributed by atoms with Crippen LogP contribution in [0.25, 0.3) is 11.1 Å². The van der Waals surface area contributed by atoms with Crippen LogP contribution in [0, 0.1) is 0 Å². The number of amides is 1. The Morgan fingerprint density at radius 1 is 1.00 bits per heavy atom. The summed E-state index contributed by atoms with van der Waals surface area (Å²) >= 11 is 0. The zero-order chi connectivity index (χ0) is 32.9. The molecule has 2 atom stereocenters. The SMILES string of the molecule is COc1cccc(OC)c1-c1ccc(C[C@H](NC(=O)C2(S(=O)(=O)CCNCCNCCCN(C)C)CCCNC2)C(=O)O)cc1. The van der Waals surface area contributed by atoms with Crippen molar-refractivity contribution in [3.8, 4) is 22.6 Å². The van der Waals surface area contributed by atoms with Gasteiger partial charge in [0.25, 0.3) is 0 Å². The van der Waals surface area contributed by atoms with Crippen LogP contribution < -0.4 is 30.7 Å². The van der Waals surface area contributed by atoms with E-state index < -0.39 is 32.5 Å². The molecule has 1 aliphatic heterocycles. The summed E-state index contributed by atoms with van der Waals surface area (Å²) in [5.74, 6) is -0.982. The molecule has 13 heteroatoms. The van der Waals surface area contributed by atoms with Crippen LogP contribution in [-0.4, -0.2) is 121 Å². The molecule has 0 aliphatic carbocycles. The second kappa shape index (κ2) is 17.5. The average Bonchev–Trinajstić information content (AvgIpc) is 3.03. The highest BCUT2D eigenvalue weighted by Crippen LogP contribution is 2.38. The molecule has 1 unspecified atom stereocenters. The number of nitrogens with zero attached hydrogens (tertiary/aromatic N) is 1. The number of methoxy groups -OCH3 is 2. The van der Waals surface area contributed by atoms with Crippen molar-refractivity contribution in [2.75, 3.05) is 79.9 Å². The van der Waals surface area contributed by atoms with Gasteiger partial charge >= 0.3 is 5.97 Å². The highest BCUT2D eigenvalue weighted by Gasteiger charge is 2.51. The predicted octanol–water partition coefficient (Wildman–Crippen LogP) is 1.15. The summed E-state index contributed by atoms with van der Waals surface area (Å²) in [6, 6.07) is 11.4. The zero-order valence-electron chi connectivity index (χ0n) is 26.9. The lowest BCUT2D eigenvalue weighted by Crippen LogP contribution is -2.63. The van der Waals surface area contributed by atoms with Gasteiger partial charge in [-0.25, -0.2) is 13.2 Å². The summed E-state index contributed by atoms with van der Waals surface area (Å²) in [7, 11) is 3.28. The van der Waals surface area contributed by atoms with Crippen molar-refractivity contribution in [1.82, 2.24) is 26.2 Å².